The molecule has 0 amide bonds. The minimum atomic E-state index is -10.9. The first kappa shape index (κ1) is 46.0. The van der Waals surface area contributed by atoms with E-state index in [-0.39, 0.29) is 0 Å². The van der Waals surface area contributed by atoms with Crippen LogP contribution in [0.1, 0.15) is 0 Å². The molecule has 0 saturated carbocycles. The lowest BCUT2D eigenvalue weighted by atomic mass is 10.1. The summed E-state index contributed by atoms with van der Waals surface area (Å²) < 4.78 is 400. The van der Waals surface area contributed by atoms with Crippen molar-refractivity contribution in [2.45, 2.75) is 57.6 Å². The van der Waals surface area contributed by atoms with Crippen LogP contribution in [0.5, 0.6) is 0 Å². The molecule has 0 atom stereocenters. The first-order chi connectivity index (χ1) is 20.0. The van der Waals surface area contributed by atoms with Gasteiger partial charge in [0.1, 0.15) is 0 Å². The van der Waals surface area contributed by atoms with Gasteiger partial charge in [-0.2, -0.15) is 105 Å². The molecule has 0 saturated heterocycles. The normalized spacial score (nSPS) is 17.0. The molecule has 0 aliphatic rings. The van der Waals surface area contributed by atoms with E-state index in [4.69, 9.17) is 0 Å². The van der Waals surface area contributed by atoms with Crippen LogP contribution in [0.4, 0.5) is 105 Å². The lowest BCUT2D eigenvalue weighted by molar-refractivity contribution is -0.383. The van der Waals surface area contributed by atoms with Crippen molar-refractivity contribution in [3.05, 3.63) is 0 Å². The Morgan fingerprint density at radius 2 is 0.438 bits per heavy atom. The molecule has 48 heavy (non-hydrogen) atoms. The van der Waals surface area contributed by atoms with E-state index < -0.39 is 105 Å². The van der Waals surface area contributed by atoms with Gasteiger partial charge in [-0.3, -0.25) is 0 Å². The second-order valence-corrected chi connectivity index (χ2v) is 15.2. The lowest BCUT2D eigenvalue weighted by Crippen LogP contribution is -2.72. The minimum Gasteiger partial charge on any atom is -0.203 e. The van der Waals surface area contributed by atoms with E-state index in [0.717, 1.165) is 0 Å². The predicted molar refractivity (Wildman–Crippen MR) is 93.3 cm³/mol. The van der Waals surface area contributed by atoms with Crippen molar-refractivity contribution in [2.75, 3.05) is 0 Å². The van der Waals surface area contributed by atoms with Crippen molar-refractivity contribution < 1.29 is 139 Å². The minimum absolute atomic E-state index is 5.23. The summed E-state index contributed by atoms with van der Waals surface area (Å²) in [6, 6.07) is 0. The zero-order chi connectivity index (χ0) is 40.2. The van der Waals surface area contributed by atoms with Crippen LogP contribution < -0.4 is 0 Å². The molecule has 0 aromatic rings. The molecule has 38 heteroatoms. The third-order valence-electron chi connectivity index (χ3n) is 4.42. The summed E-state index contributed by atoms with van der Waals surface area (Å²) in [4.78, 5) is 0. The Labute approximate surface area is 245 Å². The molecule has 0 aliphatic heterocycles. The first-order valence-corrected chi connectivity index (χ1v) is 14.9. The van der Waals surface area contributed by atoms with Gasteiger partial charge in [0.2, 0.25) is 0 Å². The highest BCUT2D eigenvalue weighted by Gasteiger charge is 2.91. The van der Waals surface area contributed by atoms with Crippen molar-refractivity contribution in [3.63, 3.8) is 0 Å². The van der Waals surface area contributed by atoms with Crippen LogP contribution in [0, 0.1) is 0 Å². The average molecular weight is 860 g/mol. The van der Waals surface area contributed by atoms with Crippen LogP contribution in [-0.2, 0) is 40.1 Å². The molecule has 0 aromatic heterocycles. The summed E-state index contributed by atoms with van der Waals surface area (Å²) in [6.07, 6.45) is -16.9. The van der Waals surface area contributed by atoms with E-state index in [2.05, 4.69) is 0 Å². The number of hydrazine groups is 1. The van der Waals surface area contributed by atoms with Crippen molar-refractivity contribution >= 4 is 40.1 Å². The monoisotopic (exact) mass is 860 g/mol. The molecule has 0 aromatic carbocycles. The highest BCUT2D eigenvalue weighted by atomic mass is 32.3. The summed E-state index contributed by atoms with van der Waals surface area (Å²) >= 11 is 0. The Morgan fingerprint density at radius 3 is 0.583 bits per heavy atom. The van der Waals surface area contributed by atoms with Crippen molar-refractivity contribution in [3.8, 4) is 0 Å². The van der Waals surface area contributed by atoms with Crippen LogP contribution in [0.2, 0.25) is 0 Å². The number of alkyl halides is 24. The maximum absolute atomic E-state index is 14.3. The average Bonchev–Trinajstić information content (AvgIpc) is 2.77. The SMILES string of the molecule is O=S(=O)(N(N(S(=O)(=O)C(F)(F)C(F)(F)C(F)(F)C(F)(F)F)S(=O)(=O)C(F)(F)C(F)(F)C(F)(F)C(F)(F)F)S(=O)(=O)C(F)(F)F)C(F)(F)F. The third-order valence-corrected chi connectivity index (χ3v) is 12.5. The van der Waals surface area contributed by atoms with Crippen LogP contribution in [0.25, 0.3) is 0 Å². The Bertz CT molecular complexity index is 1560. The van der Waals surface area contributed by atoms with Crippen LogP contribution in [0.15, 0.2) is 0 Å². The molecule has 0 N–H and O–H groups in total. The fourth-order valence-electron chi connectivity index (χ4n) is 2.03. The van der Waals surface area contributed by atoms with Gasteiger partial charge in [0.25, 0.3) is 0 Å². The molecular weight excluding hydrogens is 860 g/mol. The summed E-state index contributed by atoms with van der Waals surface area (Å²) in [6.45, 7) is 0. The maximum Gasteiger partial charge on any atom is 0.514 e. The summed E-state index contributed by atoms with van der Waals surface area (Å²) in [5.74, 6) is -36.7. The quantitative estimate of drug-likeness (QED) is 0.215. The molecule has 0 bridgehead atoms. The Balaban J connectivity index is 9.23. The fraction of sp³-hybridized carbons (Fsp3) is 1.00. The lowest BCUT2D eigenvalue weighted by Gasteiger charge is -2.40. The predicted octanol–water partition coefficient (Wildman–Crippen LogP) is 4.72. The number of halogens is 24. The van der Waals surface area contributed by atoms with Gasteiger partial charge < -0.3 is 0 Å². The number of hydrogen-bond acceptors (Lipinski definition) is 8. The van der Waals surface area contributed by atoms with Gasteiger partial charge in [-0.05, 0) is 0 Å². The first-order valence-electron chi connectivity index (χ1n) is 9.12. The Hall–Kier alpha value is -1.96. The topological polar surface area (TPSA) is 143 Å². The van der Waals surface area contributed by atoms with E-state index >= 15 is 0 Å². The number of nitrogens with zero attached hydrogens (tertiary/aromatic N) is 2. The second-order valence-electron chi connectivity index (χ2n) is 7.59. The second kappa shape index (κ2) is 11.3. The third kappa shape index (κ3) is 6.06. The highest BCUT2D eigenvalue weighted by Crippen LogP contribution is 2.59. The fourth-order valence-corrected chi connectivity index (χ4v) is 9.62. The summed E-state index contributed by atoms with van der Waals surface area (Å²) in [5, 5.41) is -19.2. The molecule has 0 spiro atoms. The zero-order valence-corrected chi connectivity index (χ0v) is 23.1. The molecule has 0 aliphatic carbocycles. The summed E-state index contributed by atoms with van der Waals surface area (Å²) in [7, 11) is -41.7. The van der Waals surface area contributed by atoms with Gasteiger partial charge in [-0.15, -0.1) is 0 Å². The Morgan fingerprint density at radius 1 is 0.271 bits per heavy atom. The van der Waals surface area contributed by atoms with Gasteiger partial charge in [-0.1, -0.05) is 0 Å². The van der Waals surface area contributed by atoms with Crippen molar-refractivity contribution in [1.29, 1.82) is 0 Å². The largest absolute Gasteiger partial charge is 0.514 e. The molecule has 0 fully saturated rings. The highest BCUT2D eigenvalue weighted by molar-refractivity contribution is 8.09. The van der Waals surface area contributed by atoms with Gasteiger partial charge >= 0.3 is 97.7 Å². The molecule has 0 heterocycles. The van der Waals surface area contributed by atoms with E-state index in [0.29, 0.717) is 0 Å². The summed E-state index contributed by atoms with van der Waals surface area (Å²) in [5.41, 5.74) is -16.9. The van der Waals surface area contributed by atoms with E-state index in [1.165, 1.54) is 0 Å². The standard InChI is InChI=1S/C10F24N2O8S4/c11-1(12,5(19,20)21)3(15,16)7(25,26)45(37,38)35(36(47(41,42)9(29,30)31)48(43,44)10(32,33)34)46(39,40)8(27,28)4(17,18)2(13,14)6(22,23)24. The van der Waals surface area contributed by atoms with E-state index in [9.17, 15) is 139 Å². The number of sulfonamides is 4. The smallest absolute Gasteiger partial charge is 0.203 e. The Kier molecular flexibility index (Phi) is 10.8. The maximum atomic E-state index is 14.3. The van der Waals surface area contributed by atoms with Gasteiger partial charge in [0.05, 0.1) is 0 Å². The number of hydrogen-bond donors (Lipinski definition) is 0. The van der Waals surface area contributed by atoms with Crippen molar-refractivity contribution in [2.24, 2.45) is 0 Å². The molecule has 0 rings (SSSR count). The molecule has 10 nitrogen and oxygen atoms in total. The zero-order valence-electron chi connectivity index (χ0n) is 19.9. The van der Waals surface area contributed by atoms with Crippen LogP contribution in [0.3, 0.4) is 0 Å². The molecule has 290 valence electrons. The molecule has 0 radical (unpaired) electrons. The molecular formula is C10F24N2O8S4. The molecule has 0 unspecified atom stereocenters. The van der Waals surface area contributed by atoms with Crippen LogP contribution >= 0.6 is 0 Å². The van der Waals surface area contributed by atoms with Gasteiger partial charge in [0.15, 0.2) is 0 Å². The van der Waals surface area contributed by atoms with Gasteiger partial charge in [-0.25, -0.2) is 33.7 Å². The number of rotatable bonds is 11. The van der Waals surface area contributed by atoms with Crippen LogP contribution in [-0.4, -0.2) is 98.9 Å². The van der Waals surface area contributed by atoms with Gasteiger partial charge in [0, 0.05) is 7.64 Å². The van der Waals surface area contributed by atoms with E-state index in [1.807, 2.05) is 0 Å². The van der Waals surface area contributed by atoms with Crippen molar-refractivity contribution in [1.82, 2.24) is 7.64 Å². The van der Waals surface area contributed by atoms with E-state index in [1.54, 1.807) is 0 Å².